The lowest BCUT2D eigenvalue weighted by atomic mass is 10.1. The summed E-state index contributed by atoms with van der Waals surface area (Å²) < 4.78 is 6.05. The van der Waals surface area contributed by atoms with Crippen molar-refractivity contribution in [3.05, 3.63) is 107 Å². The lowest BCUT2D eigenvalue weighted by Gasteiger charge is -2.10. The fourth-order valence-electron chi connectivity index (χ4n) is 3.65. The Morgan fingerprint density at radius 3 is 2.74 bits per heavy atom. The maximum atomic E-state index is 12.6. The maximum absolute atomic E-state index is 12.6. The molecule has 0 aliphatic rings. The summed E-state index contributed by atoms with van der Waals surface area (Å²) in [5.41, 5.74) is 8.45. The number of rotatable bonds is 7. The standard InChI is InChI=1S/C27H23N5O2/c1-18-10-12-19(13-11-18)17-34-26-9-5-3-7-22(26)24-14-25(31-30-24)27(33)32-29-16-20-15-28-23-8-4-2-6-21(20)23/h2-16,28H,17H2,1H3,(H,30,31)(H,32,33)/b29-16-. The number of hydrogen-bond donors (Lipinski definition) is 3. The van der Waals surface area contributed by atoms with Gasteiger partial charge in [-0.3, -0.25) is 9.89 Å². The number of ether oxygens (including phenoxy) is 1. The van der Waals surface area contributed by atoms with Gasteiger partial charge < -0.3 is 9.72 Å². The van der Waals surface area contributed by atoms with Gasteiger partial charge in [0.25, 0.3) is 5.91 Å². The number of hydrogen-bond acceptors (Lipinski definition) is 4. The molecule has 3 aromatic carbocycles. The van der Waals surface area contributed by atoms with Gasteiger partial charge in [0.15, 0.2) is 0 Å². The van der Waals surface area contributed by atoms with E-state index in [9.17, 15) is 4.79 Å². The van der Waals surface area contributed by atoms with Crippen molar-refractivity contribution in [2.45, 2.75) is 13.5 Å². The smallest absolute Gasteiger partial charge is 0.289 e. The molecule has 0 saturated heterocycles. The molecule has 0 spiro atoms. The number of carbonyl (C=O) groups excluding carboxylic acids is 1. The van der Waals surface area contributed by atoms with E-state index in [4.69, 9.17) is 4.74 Å². The summed E-state index contributed by atoms with van der Waals surface area (Å²) in [7, 11) is 0. The van der Waals surface area contributed by atoms with Crippen LogP contribution in [0.25, 0.3) is 22.2 Å². The summed E-state index contributed by atoms with van der Waals surface area (Å²) in [6.45, 7) is 2.50. The maximum Gasteiger partial charge on any atom is 0.289 e. The van der Waals surface area contributed by atoms with E-state index in [0.717, 1.165) is 27.6 Å². The van der Waals surface area contributed by atoms with Gasteiger partial charge in [-0.25, -0.2) is 5.43 Å². The second kappa shape index (κ2) is 9.46. The van der Waals surface area contributed by atoms with E-state index < -0.39 is 0 Å². The third-order valence-electron chi connectivity index (χ3n) is 5.49. The van der Waals surface area contributed by atoms with Crippen molar-refractivity contribution in [1.82, 2.24) is 20.6 Å². The highest BCUT2D eigenvalue weighted by molar-refractivity contribution is 6.00. The van der Waals surface area contributed by atoms with Crippen LogP contribution < -0.4 is 10.2 Å². The van der Waals surface area contributed by atoms with Crippen LogP contribution in [0.15, 0.2) is 90.2 Å². The number of aromatic amines is 2. The number of nitrogens with zero attached hydrogens (tertiary/aromatic N) is 2. The molecule has 0 atom stereocenters. The minimum absolute atomic E-state index is 0.305. The third-order valence-corrected chi connectivity index (χ3v) is 5.49. The van der Waals surface area contributed by atoms with E-state index in [1.807, 2.05) is 66.9 Å². The average molecular weight is 450 g/mol. The molecule has 1 amide bonds. The highest BCUT2D eigenvalue weighted by atomic mass is 16.5. The van der Waals surface area contributed by atoms with Crippen LogP contribution in [0.5, 0.6) is 5.75 Å². The molecule has 2 aromatic heterocycles. The van der Waals surface area contributed by atoms with Crippen LogP contribution in [-0.4, -0.2) is 27.3 Å². The van der Waals surface area contributed by atoms with Gasteiger partial charge in [-0.2, -0.15) is 10.2 Å². The molecule has 34 heavy (non-hydrogen) atoms. The number of H-pyrrole nitrogens is 2. The Morgan fingerprint density at radius 1 is 1.06 bits per heavy atom. The van der Waals surface area contributed by atoms with Gasteiger partial charge >= 0.3 is 0 Å². The molecule has 5 rings (SSSR count). The average Bonchev–Trinajstić information content (AvgIpc) is 3.52. The number of benzene rings is 3. The highest BCUT2D eigenvalue weighted by Gasteiger charge is 2.14. The fourth-order valence-corrected chi connectivity index (χ4v) is 3.65. The number of aryl methyl sites for hydroxylation is 1. The monoisotopic (exact) mass is 449 g/mol. The fraction of sp³-hybridized carbons (Fsp3) is 0.0741. The Hall–Kier alpha value is -4.65. The summed E-state index contributed by atoms with van der Waals surface area (Å²) >= 11 is 0. The molecular formula is C27H23N5O2. The minimum atomic E-state index is -0.382. The summed E-state index contributed by atoms with van der Waals surface area (Å²) in [4.78, 5) is 15.7. The van der Waals surface area contributed by atoms with Crippen molar-refractivity contribution in [2.24, 2.45) is 5.10 Å². The Bertz CT molecular complexity index is 1460. The second-order valence-electron chi connectivity index (χ2n) is 7.93. The molecule has 0 aliphatic carbocycles. The van der Waals surface area contributed by atoms with Crippen LogP contribution in [-0.2, 0) is 6.61 Å². The SMILES string of the molecule is Cc1ccc(COc2ccccc2-c2cc(C(=O)N/N=C\c3c[nH]c4ccccc34)[nH]n2)cc1. The minimum Gasteiger partial charge on any atom is -0.488 e. The largest absolute Gasteiger partial charge is 0.488 e. The van der Waals surface area contributed by atoms with Gasteiger partial charge in [-0.15, -0.1) is 0 Å². The Kier molecular flexibility index (Phi) is 5.90. The third kappa shape index (κ3) is 4.59. The van der Waals surface area contributed by atoms with Crippen molar-refractivity contribution in [3.8, 4) is 17.0 Å². The first-order chi connectivity index (χ1) is 16.7. The second-order valence-corrected chi connectivity index (χ2v) is 7.93. The van der Waals surface area contributed by atoms with Crippen molar-refractivity contribution < 1.29 is 9.53 Å². The van der Waals surface area contributed by atoms with Crippen LogP contribution >= 0.6 is 0 Å². The Morgan fingerprint density at radius 2 is 1.85 bits per heavy atom. The van der Waals surface area contributed by atoms with Gasteiger partial charge in [0.2, 0.25) is 0 Å². The molecule has 0 unspecified atom stereocenters. The van der Waals surface area contributed by atoms with Crippen molar-refractivity contribution in [3.63, 3.8) is 0 Å². The topological polar surface area (TPSA) is 95.2 Å². The highest BCUT2D eigenvalue weighted by Crippen LogP contribution is 2.29. The lowest BCUT2D eigenvalue weighted by Crippen LogP contribution is -2.17. The number of hydrazone groups is 1. The number of aromatic nitrogens is 3. The number of amides is 1. The predicted octanol–water partition coefficient (Wildman–Crippen LogP) is 5.21. The van der Waals surface area contributed by atoms with Gasteiger partial charge in [0.05, 0.1) is 11.9 Å². The molecule has 3 N–H and O–H groups in total. The number of fused-ring (bicyclic) bond motifs is 1. The van der Waals surface area contributed by atoms with E-state index in [1.54, 1.807) is 12.3 Å². The van der Waals surface area contributed by atoms with E-state index >= 15 is 0 Å². The first-order valence-corrected chi connectivity index (χ1v) is 10.9. The van der Waals surface area contributed by atoms with Crippen LogP contribution in [0.4, 0.5) is 0 Å². The molecule has 2 heterocycles. The van der Waals surface area contributed by atoms with Crippen LogP contribution in [0.3, 0.4) is 0 Å². The first-order valence-electron chi connectivity index (χ1n) is 10.9. The molecule has 5 aromatic rings. The van der Waals surface area contributed by atoms with E-state index in [1.165, 1.54) is 5.56 Å². The van der Waals surface area contributed by atoms with Crippen LogP contribution in [0.2, 0.25) is 0 Å². The molecular weight excluding hydrogens is 426 g/mol. The van der Waals surface area contributed by atoms with Crippen molar-refractivity contribution in [2.75, 3.05) is 0 Å². The van der Waals surface area contributed by atoms with Crippen LogP contribution in [0.1, 0.15) is 27.2 Å². The molecule has 0 saturated carbocycles. The Balaban J connectivity index is 1.27. The Labute approximate surface area is 196 Å². The zero-order valence-electron chi connectivity index (χ0n) is 18.6. The molecule has 7 nitrogen and oxygen atoms in total. The predicted molar refractivity (Wildman–Crippen MR) is 133 cm³/mol. The summed E-state index contributed by atoms with van der Waals surface area (Å²) in [6.07, 6.45) is 3.46. The zero-order chi connectivity index (χ0) is 23.3. The summed E-state index contributed by atoms with van der Waals surface area (Å²) in [6, 6.07) is 25.4. The zero-order valence-corrected chi connectivity index (χ0v) is 18.6. The van der Waals surface area contributed by atoms with E-state index in [-0.39, 0.29) is 5.91 Å². The molecule has 0 aliphatic heterocycles. The van der Waals surface area contributed by atoms with Crippen LogP contribution in [0, 0.1) is 6.92 Å². The first kappa shape index (κ1) is 21.2. The van der Waals surface area contributed by atoms with E-state index in [0.29, 0.717) is 23.7 Å². The lowest BCUT2D eigenvalue weighted by molar-refractivity contribution is 0.0950. The molecule has 0 bridgehead atoms. The number of para-hydroxylation sites is 2. The molecule has 7 heteroatoms. The van der Waals surface area contributed by atoms with Crippen molar-refractivity contribution in [1.29, 1.82) is 0 Å². The normalized spacial score (nSPS) is 11.2. The van der Waals surface area contributed by atoms with Gasteiger partial charge in [-0.1, -0.05) is 60.2 Å². The summed E-state index contributed by atoms with van der Waals surface area (Å²) in [5, 5.41) is 12.2. The molecule has 0 fully saturated rings. The molecule has 168 valence electrons. The number of nitrogens with one attached hydrogen (secondary N) is 3. The summed E-state index contributed by atoms with van der Waals surface area (Å²) in [5.74, 6) is 0.312. The van der Waals surface area contributed by atoms with Gasteiger partial charge in [-0.05, 0) is 36.8 Å². The number of carbonyl (C=O) groups is 1. The van der Waals surface area contributed by atoms with Crippen molar-refractivity contribution >= 4 is 23.0 Å². The van der Waals surface area contributed by atoms with Gasteiger partial charge in [0.1, 0.15) is 18.1 Å². The van der Waals surface area contributed by atoms with E-state index in [2.05, 4.69) is 44.8 Å². The molecule has 0 radical (unpaired) electrons. The quantitative estimate of drug-likeness (QED) is 0.235. The van der Waals surface area contributed by atoms with Gasteiger partial charge in [0, 0.05) is 28.2 Å².